The standard InChI is InChI=1S/C31H18N2S3/c34-28-24-15-20-11-7-8-12-21(20)16-25(24)29(35)26(28)17-23-18-27-30(33(23)22-13-5-2-6-14-22)32-31(36-27)19-9-3-1-4-10-19/h1-18H. The predicted octanol–water partition coefficient (Wildman–Crippen LogP) is 8.44. The number of hydrogen-bond acceptors (Lipinski definition) is 4. The Labute approximate surface area is 223 Å². The molecule has 2 heterocycles. The SMILES string of the molecule is S=C1C(=Cc2cc3sc(-c4ccccc4)nc3n2-c2ccccc2)C(=S)c2cc3ccccc3cc21. The molecule has 5 heteroatoms. The Morgan fingerprint density at radius 2 is 1.28 bits per heavy atom. The Kier molecular flexibility index (Phi) is 5.03. The molecule has 0 fully saturated rings. The Morgan fingerprint density at radius 1 is 0.694 bits per heavy atom. The van der Waals surface area contributed by atoms with Gasteiger partial charge in [-0.2, -0.15) is 0 Å². The summed E-state index contributed by atoms with van der Waals surface area (Å²) in [4.78, 5) is 6.67. The zero-order valence-corrected chi connectivity index (χ0v) is 21.5. The van der Waals surface area contributed by atoms with E-state index in [0.717, 1.165) is 58.7 Å². The van der Waals surface area contributed by atoms with Gasteiger partial charge in [0, 0.05) is 33.6 Å². The molecule has 36 heavy (non-hydrogen) atoms. The average molecular weight is 515 g/mol. The number of thiazole rings is 1. The maximum Gasteiger partial charge on any atom is 0.156 e. The van der Waals surface area contributed by atoms with Crippen LogP contribution in [-0.2, 0) is 0 Å². The van der Waals surface area contributed by atoms with Crippen molar-refractivity contribution in [3.8, 4) is 16.3 Å². The lowest BCUT2D eigenvalue weighted by Crippen LogP contribution is -2.02. The predicted molar refractivity (Wildman–Crippen MR) is 160 cm³/mol. The number of rotatable bonds is 3. The maximum absolute atomic E-state index is 5.96. The minimum atomic E-state index is 0.808. The van der Waals surface area contributed by atoms with E-state index in [4.69, 9.17) is 29.4 Å². The lowest BCUT2D eigenvalue weighted by molar-refractivity contribution is 1.08. The number of hydrogen-bond donors (Lipinski definition) is 0. The second-order valence-corrected chi connectivity index (χ2v) is 10.6. The third-order valence-electron chi connectivity index (χ3n) is 6.58. The van der Waals surface area contributed by atoms with Gasteiger partial charge in [0.25, 0.3) is 0 Å². The number of fused-ring (bicyclic) bond motifs is 3. The molecule has 0 bridgehead atoms. The van der Waals surface area contributed by atoms with Crippen molar-refractivity contribution in [2.75, 3.05) is 0 Å². The second kappa shape index (κ2) is 8.42. The molecule has 0 saturated carbocycles. The van der Waals surface area contributed by atoms with Crippen LogP contribution in [0.15, 0.2) is 109 Å². The van der Waals surface area contributed by atoms with Gasteiger partial charge in [0.1, 0.15) is 5.01 Å². The van der Waals surface area contributed by atoms with Gasteiger partial charge in [-0.1, -0.05) is 97.2 Å². The van der Waals surface area contributed by atoms with E-state index < -0.39 is 0 Å². The molecule has 0 N–H and O–H groups in total. The molecule has 0 spiro atoms. The molecule has 0 amide bonds. The Morgan fingerprint density at radius 3 is 1.92 bits per heavy atom. The van der Waals surface area contributed by atoms with Crippen molar-refractivity contribution in [1.29, 1.82) is 0 Å². The number of aromatic nitrogens is 2. The summed E-state index contributed by atoms with van der Waals surface area (Å²) in [5.41, 5.74) is 7.16. The molecule has 0 saturated heterocycles. The zero-order valence-electron chi connectivity index (χ0n) is 19.0. The van der Waals surface area contributed by atoms with Crippen LogP contribution in [0.1, 0.15) is 16.8 Å². The summed E-state index contributed by atoms with van der Waals surface area (Å²) in [5, 5.41) is 3.36. The van der Waals surface area contributed by atoms with Crippen molar-refractivity contribution in [2.45, 2.75) is 0 Å². The fourth-order valence-corrected chi connectivity index (χ4v) is 6.57. The molecule has 2 nitrogen and oxygen atoms in total. The summed E-state index contributed by atoms with van der Waals surface area (Å²) in [7, 11) is 0. The summed E-state index contributed by atoms with van der Waals surface area (Å²) in [6, 6.07) is 35.5. The van der Waals surface area contributed by atoms with Crippen molar-refractivity contribution in [3.63, 3.8) is 0 Å². The van der Waals surface area contributed by atoms with Crippen LogP contribution in [0.2, 0.25) is 0 Å². The Balaban J connectivity index is 1.40. The van der Waals surface area contributed by atoms with E-state index in [1.807, 2.05) is 24.3 Å². The molecule has 2 aromatic heterocycles. The summed E-state index contributed by atoms with van der Waals surface area (Å²) in [5.74, 6) is 0. The zero-order chi connectivity index (χ0) is 24.2. The van der Waals surface area contributed by atoms with Crippen molar-refractivity contribution < 1.29 is 0 Å². The van der Waals surface area contributed by atoms with Crippen LogP contribution in [0, 0.1) is 0 Å². The highest BCUT2D eigenvalue weighted by atomic mass is 32.1. The van der Waals surface area contributed by atoms with Gasteiger partial charge in [-0.15, -0.1) is 11.3 Å². The van der Waals surface area contributed by atoms with Crippen LogP contribution in [0.25, 0.3) is 43.5 Å². The molecular weight excluding hydrogens is 497 g/mol. The smallest absolute Gasteiger partial charge is 0.156 e. The molecule has 1 aliphatic rings. The first-order valence-corrected chi connectivity index (χ1v) is 13.3. The molecule has 1 aliphatic carbocycles. The Bertz CT molecular complexity index is 1800. The molecule has 4 aromatic carbocycles. The largest absolute Gasteiger partial charge is 0.294 e. The molecule has 6 aromatic rings. The van der Waals surface area contributed by atoms with E-state index in [2.05, 4.69) is 89.5 Å². The minimum Gasteiger partial charge on any atom is -0.294 e. The monoisotopic (exact) mass is 514 g/mol. The van der Waals surface area contributed by atoms with Gasteiger partial charge in [-0.05, 0) is 47.2 Å². The molecule has 0 atom stereocenters. The number of thiocarbonyl (C=S) groups is 2. The van der Waals surface area contributed by atoms with Crippen molar-refractivity contribution in [3.05, 3.63) is 126 Å². The number of nitrogens with zero attached hydrogens (tertiary/aromatic N) is 2. The van der Waals surface area contributed by atoms with Crippen molar-refractivity contribution in [1.82, 2.24) is 9.55 Å². The highest BCUT2D eigenvalue weighted by molar-refractivity contribution is 7.84. The first-order chi connectivity index (χ1) is 17.7. The van der Waals surface area contributed by atoms with Gasteiger partial charge >= 0.3 is 0 Å². The third-order valence-corrected chi connectivity index (χ3v) is 8.50. The van der Waals surface area contributed by atoms with Gasteiger partial charge in [0.2, 0.25) is 0 Å². The van der Waals surface area contributed by atoms with Crippen LogP contribution in [0.4, 0.5) is 0 Å². The quantitative estimate of drug-likeness (QED) is 0.174. The fourth-order valence-electron chi connectivity index (χ4n) is 4.85. The highest BCUT2D eigenvalue weighted by Gasteiger charge is 2.28. The van der Waals surface area contributed by atoms with Gasteiger partial charge in [-0.3, -0.25) is 4.57 Å². The van der Waals surface area contributed by atoms with Gasteiger partial charge in [-0.25, -0.2) is 4.98 Å². The van der Waals surface area contributed by atoms with E-state index in [1.165, 1.54) is 10.8 Å². The van der Waals surface area contributed by atoms with Gasteiger partial charge in [0.05, 0.1) is 14.4 Å². The summed E-state index contributed by atoms with van der Waals surface area (Å²) >= 11 is 13.6. The van der Waals surface area contributed by atoms with Crippen molar-refractivity contribution >= 4 is 72.7 Å². The molecule has 0 aliphatic heterocycles. The van der Waals surface area contributed by atoms with Crippen LogP contribution in [-0.4, -0.2) is 19.3 Å². The maximum atomic E-state index is 5.96. The van der Waals surface area contributed by atoms with Crippen LogP contribution < -0.4 is 0 Å². The molecule has 0 unspecified atom stereocenters. The lowest BCUT2D eigenvalue weighted by atomic mass is 10.0. The average Bonchev–Trinajstić information content (AvgIpc) is 3.55. The number of benzene rings is 4. The van der Waals surface area contributed by atoms with E-state index in [9.17, 15) is 0 Å². The first kappa shape index (κ1) is 21.5. The number of para-hydroxylation sites is 1. The lowest BCUT2D eigenvalue weighted by Gasteiger charge is -2.08. The first-order valence-electron chi connectivity index (χ1n) is 11.6. The summed E-state index contributed by atoms with van der Waals surface area (Å²) in [6.45, 7) is 0. The van der Waals surface area contributed by atoms with Crippen LogP contribution in [0.5, 0.6) is 0 Å². The van der Waals surface area contributed by atoms with Gasteiger partial charge in [0.15, 0.2) is 5.65 Å². The molecular formula is C31H18N2S3. The number of allylic oxidation sites excluding steroid dienone is 1. The normalized spacial score (nSPS) is 13.1. The van der Waals surface area contributed by atoms with Crippen LogP contribution >= 0.6 is 35.8 Å². The topological polar surface area (TPSA) is 17.8 Å². The minimum absolute atomic E-state index is 0.808. The molecule has 7 rings (SSSR count). The van der Waals surface area contributed by atoms with E-state index in [-0.39, 0.29) is 0 Å². The summed E-state index contributed by atoms with van der Waals surface area (Å²) < 4.78 is 3.33. The fraction of sp³-hybridized carbons (Fsp3) is 0. The van der Waals surface area contributed by atoms with E-state index >= 15 is 0 Å². The van der Waals surface area contributed by atoms with E-state index in [0.29, 0.717) is 0 Å². The Hall–Kier alpha value is -3.77. The van der Waals surface area contributed by atoms with E-state index in [1.54, 1.807) is 11.3 Å². The van der Waals surface area contributed by atoms with Crippen molar-refractivity contribution in [2.24, 2.45) is 0 Å². The molecule has 170 valence electrons. The second-order valence-electron chi connectivity index (χ2n) is 8.77. The van der Waals surface area contributed by atoms with Crippen LogP contribution in [0.3, 0.4) is 0 Å². The summed E-state index contributed by atoms with van der Waals surface area (Å²) in [6.07, 6.45) is 2.14. The highest BCUT2D eigenvalue weighted by Crippen LogP contribution is 2.37. The molecule has 0 radical (unpaired) electrons. The third kappa shape index (κ3) is 3.39. The van der Waals surface area contributed by atoms with Gasteiger partial charge < -0.3 is 0 Å².